The number of halogens is 2. The summed E-state index contributed by atoms with van der Waals surface area (Å²) < 4.78 is 2.58. The molecule has 0 heterocycles. The van der Waals surface area contributed by atoms with E-state index in [9.17, 15) is 0 Å². The number of rotatable bonds is 4. The fourth-order valence-electron chi connectivity index (χ4n) is 4.98. The van der Waals surface area contributed by atoms with Crippen LogP contribution in [-0.4, -0.2) is 0 Å². The van der Waals surface area contributed by atoms with Gasteiger partial charge in [-0.25, -0.2) is 0 Å². The fourth-order valence-corrected chi connectivity index (χ4v) is 7.30. The van der Waals surface area contributed by atoms with Gasteiger partial charge in [-0.2, -0.15) is 0 Å². The maximum atomic E-state index is 2.61. The topological polar surface area (TPSA) is 0 Å². The van der Waals surface area contributed by atoms with E-state index in [1.807, 2.05) is 0 Å². The molecule has 2 heteroatoms. The van der Waals surface area contributed by atoms with Gasteiger partial charge in [-0.1, -0.05) is 119 Å². The van der Waals surface area contributed by atoms with E-state index in [0.29, 0.717) is 0 Å². The Kier molecular flexibility index (Phi) is 7.36. The Hall–Kier alpha value is -2.44. The van der Waals surface area contributed by atoms with Gasteiger partial charge in [0, 0.05) is 29.4 Å². The van der Waals surface area contributed by atoms with Crippen molar-refractivity contribution >= 4 is 45.2 Å². The maximum Gasteiger partial charge on any atom is 0.0300 e. The van der Waals surface area contributed by atoms with Gasteiger partial charge in [-0.05, 0) is 95.1 Å². The Labute approximate surface area is 242 Å². The highest BCUT2D eigenvalue weighted by molar-refractivity contribution is 14.1. The van der Waals surface area contributed by atoms with Gasteiger partial charge in [0.2, 0.25) is 0 Å². The lowest BCUT2D eigenvalue weighted by Crippen LogP contribution is -2.02. The molecule has 0 radical (unpaired) electrons. The molecule has 0 bridgehead atoms. The summed E-state index contributed by atoms with van der Waals surface area (Å²) in [6.07, 6.45) is 0. The van der Waals surface area contributed by atoms with Crippen molar-refractivity contribution in [2.75, 3.05) is 0 Å². The quantitative estimate of drug-likeness (QED) is 0.165. The SMILES string of the molecule is Cc1cccc(-c2c(I)c(-c3cccc(C)c3)c(-c3cccc(C)c3)c(I)c2-c2cccc(C)c2)c1. The van der Waals surface area contributed by atoms with E-state index in [4.69, 9.17) is 0 Å². The number of benzene rings is 5. The second kappa shape index (κ2) is 10.5. The molecule has 5 aromatic carbocycles. The van der Waals surface area contributed by atoms with Gasteiger partial charge in [0.05, 0.1) is 0 Å². The van der Waals surface area contributed by atoms with Crippen molar-refractivity contribution in [3.05, 3.63) is 126 Å². The van der Waals surface area contributed by atoms with Gasteiger partial charge in [-0.3, -0.25) is 0 Å². The normalized spacial score (nSPS) is 11.1. The highest BCUT2D eigenvalue weighted by Crippen LogP contribution is 2.50. The lowest BCUT2D eigenvalue weighted by Gasteiger charge is -2.24. The van der Waals surface area contributed by atoms with E-state index in [0.717, 1.165) is 0 Å². The second-order valence-electron chi connectivity index (χ2n) is 9.61. The first-order chi connectivity index (χ1) is 17.3. The highest BCUT2D eigenvalue weighted by atomic mass is 127. The molecule has 0 amide bonds. The Bertz CT molecular complexity index is 1360. The van der Waals surface area contributed by atoms with Crippen LogP contribution in [0.4, 0.5) is 0 Å². The van der Waals surface area contributed by atoms with Gasteiger partial charge < -0.3 is 0 Å². The minimum atomic E-state index is 1.26. The molecule has 0 spiro atoms. The summed E-state index contributed by atoms with van der Waals surface area (Å²) in [5, 5.41) is 0. The van der Waals surface area contributed by atoms with E-state index in [1.165, 1.54) is 73.9 Å². The van der Waals surface area contributed by atoms with Crippen molar-refractivity contribution in [3.63, 3.8) is 0 Å². The number of aryl methyl sites for hydroxylation is 4. The molecular weight excluding hydrogens is 662 g/mol. The largest absolute Gasteiger partial charge is 0.0614 e. The summed E-state index contributed by atoms with van der Waals surface area (Å²) >= 11 is 5.21. The molecule has 0 atom stereocenters. The predicted molar refractivity (Wildman–Crippen MR) is 173 cm³/mol. The van der Waals surface area contributed by atoms with Gasteiger partial charge in [0.15, 0.2) is 0 Å². The molecule has 178 valence electrons. The summed E-state index contributed by atoms with van der Waals surface area (Å²) in [4.78, 5) is 0. The van der Waals surface area contributed by atoms with Crippen LogP contribution in [-0.2, 0) is 0 Å². The van der Waals surface area contributed by atoms with E-state index in [2.05, 4.69) is 170 Å². The van der Waals surface area contributed by atoms with Crippen LogP contribution in [0, 0.1) is 34.8 Å². The molecule has 5 rings (SSSR count). The monoisotopic (exact) mass is 690 g/mol. The standard InChI is InChI=1S/C34H28I2/c1-21-9-5-13-25(17-21)29-30(26-14-6-10-22(2)18-26)34(36)32(28-16-8-12-24(4)20-28)31(33(29)35)27-15-7-11-23(3)19-27/h5-20H,1-4H3. The van der Waals surface area contributed by atoms with Crippen molar-refractivity contribution in [1.82, 2.24) is 0 Å². The molecule has 0 fully saturated rings. The molecule has 36 heavy (non-hydrogen) atoms. The summed E-state index contributed by atoms with van der Waals surface area (Å²) in [7, 11) is 0. The van der Waals surface area contributed by atoms with Gasteiger partial charge in [0.1, 0.15) is 0 Å². The fraction of sp³-hybridized carbons (Fsp3) is 0.118. The van der Waals surface area contributed by atoms with Crippen molar-refractivity contribution in [1.29, 1.82) is 0 Å². The van der Waals surface area contributed by atoms with Crippen LogP contribution in [0.1, 0.15) is 22.3 Å². The first-order valence-electron chi connectivity index (χ1n) is 12.2. The van der Waals surface area contributed by atoms with E-state index < -0.39 is 0 Å². The molecule has 0 saturated heterocycles. The average Bonchev–Trinajstić information content (AvgIpc) is 2.84. The lowest BCUT2D eigenvalue weighted by molar-refractivity contribution is 1.41. The van der Waals surface area contributed by atoms with Crippen LogP contribution in [0.25, 0.3) is 44.5 Å². The molecule has 5 aromatic rings. The van der Waals surface area contributed by atoms with Gasteiger partial charge >= 0.3 is 0 Å². The molecule has 0 aromatic heterocycles. The molecule has 0 N–H and O–H groups in total. The van der Waals surface area contributed by atoms with E-state index >= 15 is 0 Å². The zero-order chi connectivity index (χ0) is 25.4. The Morgan fingerprint density at radius 2 is 0.583 bits per heavy atom. The van der Waals surface area contributed by atoms with E-state index in [-0.39, 0.29) is 0 Å². The zero-order valence-electron chi connectivity index (χ0n) is 21.0. The third kappa shape index (κ3) is 4.90. The van der Waals surface area contributed by atoms with Gasteiger partial charge in [-0.15, -0.1) is 0 Å². The zero-order valence-corrected chi connectivity index (χ0v) is 25.3. The summed E-state index contributed by atoms with van der Waals surface area (Å²) in [6.45, 7) is 8.71. The number of hydrogen-bond acceptors (Lipinski definition) is 0. The van der Waals surface area contributed by atoms with Crippen LogP contribution in [0.5, 0.6) is 0 Å². The van der Waals surface area contributed by atoms with Gasteiger partial charge in [0.25, 0.3) is 0 Å². The molecular formula is C34H28I2. The van der Waals surface area contributed by atoms with Crippen LogP contribution < -0.4 is 0 Å². The molecule has 0 saturated carbocycles. The minimum absolute atomic E-state index is 1.26. The van der Waals surface area contributed by atoms with Crippen molar-refractivity contribution < 1.29 is 0 Å². The minimum Gasteiger partial charge on any atom is -0.0614 e. The number of hydrogen-bond donors (Lipinski definition) is 0. The molecule has 0 aliphatic heterocycles. The van der Waals surface area contributed by atoms with Crippen LogP contribution in [0.3, 0.4) is 0 Å². The summed E-state index contributed by atoms with van der Waals surface area (Å²) in [6, 6.07) is 35.7. The van der Waals surface area contributed by atoms with Crippen LogP contribution >= 0.6 is 45.2 Å². The third-order valence-corrected chi connectivity index (χ3v) is 8.76. The third-order valence-electron chi connectivity index (χ3n) is 6.60. The van der Waals surface area contributed by atoms with Crippen molar-refractivity contribution in [2.45, 2.75) is 27.7 Å². The Morgan fingerprint density at radius 1 is 0.361 bits per heavy atom. The van der Waals surface area contributed by atoms with E-state index in [1.54, 1.807) is 0 Å². The van der Waals surface area contributed by atoms with Crippen molar-refractivity contribution in [2.24, 2.45) is 0 Å². The molecule has 0 aliphatic rings. The predicted octanol–water partition coefficient (Wildman–Crippen LogP) is 10.8. The molecule has 0 nitrogen and oxygen atoms in total. The highest BCUT2D eigenvalue weighted by Gasteiger charge is 2.25. The maximum absolute atomic E-state index is 2.61. The summed E-state index contributed by atoms with van der Waals surface area (Å²) in [5.41, 5.74) is 15.4. The van der Waals surface area contributed by atoms with Crippen LogP contribution in [0.15, 0.2) is 97.1 Å². The Morgan fingerprint density at radius 3 is 0.778 bits per heavy atom. The second-order valence-corrected chi connectivity index (χ2v) is 11.8. The first-order valence-corrected chi connectivity index (χ1v) is 14.3. The van der Waals surface area contributed by atoms with Crippen molar-refractivity contribution in [3.8, 4) is 44.5 Å². The summed E-state index contributed by atoms with van der Waals surface area (Å²) in [5.74, 6) is 0. The first kappa shape index (κ1) is 25.2. The lowest BCUT2D eigenvalue weighted by atomic mass is 9.84. The average molecular weight is 690 g/mol. The van der Waals surface area contributed by atoms with Crippen LogP contribution in [0.2, 0.25) is 0 Å². The smallest absolute Gasteiger partial charge is 0.0300 e. The molecule has 0 aliphatic carbocycles. The molecule has 0 unspecified atom stereocenters. The Balaban J connectivity index is 1.99.